The Labute approximate surface area is 94.3 Å². The van der Waals surface area contributed by atoms with Crippen LogP contribution in [0.2, 0.25) is 5.15 Å². The van der Waals surface area contributed by atoms with Gasteiger partial charge in [0.1, 0.15) is 5.52 Å². The summed E-state index contributed by atoms with van der Waals surface area (Å²) in [6.45, 7) is 0. The maximum Gasteiger partial charge on any atom is 0.162 e. The third kappa shape index (κ3) is 1.42. The van der Waals surface area contributed by atoms with Crippen LogP contribution < -0.4 is 0 Å². The molecular formula is C10H5ClN2OS. The fourth-order valence-electron chi connectivity index (χ4n) is 1.33. The first kappa shape index (κ1) is 8.88. The molecule has 0 aromatic carbocycles. The van der Waals surface area contributed by atoms with Gasteiger partial charge in [0, 0.05) is 6.20 Å². The molecular weight excluding hydrogens is 232 g/mol. The van der Waals surface area contributed by atoms with E-state index in [1.807, 2.05) is 18.2 Å². The van der Waals surface area contributed by atoms with Gasteiger partial charge in [-0.2, -0.15) is 0 Å². The quantitative estimate of drug-likeness (QED) is 0.606. The molecule has 5 heteroatoms. The summed E-state index contributed by atoms with van der Waals surface area (Å²) in [5.74, 6) is 0.757. The number of hydrogen-bond donors (Lipinski definition) is 0. The predicted molar refractivity (Wildman–Crippen MR) is 60.1 cm³/mol. The molecule has 0 fully saturated rings. The first-order valence-corrected chi connectivity index (χ1v) is 5.49. The van der Waals surface area contributed by atoms with Gasteiger partial charge in [0.05, 0.1) is 11.0 Å². The number of thiazole rings is 1. The molecule has 0 amide bonds. The molecule has 3 heterocycles. The van der Waals surface area contributed by atoms with Crippen molar-refractivity contribution in [1.82, 2.24) is 9.97 Å². The summed E-state index contributed by atoms with van der Waals surface area (Å²) >= 11 is 7.47. The molecule has 3 aromatic rings. The lowest BCUT2D eigenvalue weighted by Crippen LogP contribution is -1.75. The second-order valence-corrected chi connectivity index (χ2v) is 4.33. The second kappa shape index (κ2) is 3.32. The van der Waals surface area contributed by atoms with Gasteiger partial charge in [-0.05, 0) is 18.2 Å². The number of rotatable bonds is 1. The number of aromatic nitrogens is 2. The van der Waals surface area contributed by atoms with Crippen molar-refractivity contribution in [1.29, 1.82) is 0 Å². The molecule has 0 atom stereocenters. The first-order valence-electron chi connectivity index (χ1n) is 4.29. The maximum absolute atomic E-state index is 5.93. The van der Waals surface area contributed by atoms with Crippen molar-refractivity contribution in [2.24, 2.45) is 0 Å². The molecule has 0 spiro atoms. The van der Waals surface area contributed by atoms with Crippen LogP contribution in [-0.2, 0) is 0 Å². The Bertz CT molecular complexity index is 603. The fraction of sp³-hybridized carbons (Fsp3) is 0. The van der Waals surface area contributed by atoms with Gasteiger partial charge in [-0.25, -0.2) is 9.97 Å². The summed E-state index contributed by atoms with van der Waals surface area (Å²) in [6, 6.07) is 5.60. The molecule has 0 aliphatic rings. The monoisotopic (exact) mass is 236 g/mol. The van der Waals surface area contributed by atoms with Crippen LogP contribution in [0, 0.1) is 0 Å². The Balaban J connectivity index is 2.27. The van der Waals surface area contributed by atoms with Crippen molar-refractivity contribution < 1.29 is 4.42 Å². The summed E-state index contributed by atoms with van der Waals surface area (Å²) in [4.78, 5) is 8.37. The van der Waals surface area contributed by atoms with E-state index in [9.17, 15) is 0 Å². The van der Waals surface area contributed by atoms with Crippen LogP contribution in [0.3, 0.4) is 0 Å². The van der Waals surface area contributed by atoms with E-state index in [2.05, 4.69) is 9.97 Å². The average molecular weight is 237 g/mol. The zero-order chi connectivity index (χ0) is 10.3. The lowest BCUT2D eigenvalue weighted by atomic mass is 10.4. The number of halogens is 1. The van der Waals surface area contributed by atoms with Crippen LogP contribution in [-0.4, -0.2) is 9.97 Å². The molecule has 0 N–H and O–H groups in total. The molecule has 0 bridgehead atoms. The SMILES string of the molecule is Clc1nccc2sc(-c3ccco3)nc12. The van der Waals surface area contributed by atoms with Crippen LogP contribution >= 0.6 is 22.9 Å². The van der Waals surface area contributed by atoms with Crippen molar-refractivity contribution in [3.8, 4) is 10.8 Å². The summed E-state index contributed by atoms with van der Waals surface area (Å²) < 4.78 is 6.29. The Hall–Kier alpha value is -1.39. The van der Waals surface area contributed by atoms with Crippen LogP contribution in [0.1, 0.15) is 0 Å². The van der Waals surface area contributed by atoms with E-state index < -0.39 is 0 Å². The van der Waals surface area contributed by atoms with E-state index in [0.717, 1.165) is 21.0 Å². The van der Waals surface area contributed by atoms with Crippen molar-refractivity contribution >= 4 is 33.2 Å². The number of nitrogens with zero attached hydrogens (tertiary/aromatic N) is 2. The van der Waals surface area contributed by atoms with E-state index in [-0.39, 0.29) is 0 Å². The van der Waals surface area contributed by atoms with Gasteiger partial charge in [0.2, 0.25) is 0 Å². The van der Waals surface area contributed by atoms with Gasteiger partial charge in [-0.3, -0.25) is 0 Å². The summed E-state index contributed by atoms with van der Waals surface area (Å²) in [7, 11) is 0. The fourth-order valence-corrected chi connectivity index (χ4v) is 2.52. The van der Waals surface area contributed by atoms with Gasteiger partial charge < -0.3 is 4.42 Å². The van der Waals surface area contributed by atoms with Gasteiger partial charge in [0.15, 0.2) is 15.9 Å². The van der Waals surface area contributed by atoms with Crippen LogP contribution in [0.4, 0.5) is 0 Å². The lowest BCUT2D eigenvalue weighted by molar-refractivity contribution is 0.582. The Morgan fingerprint density at radius 1 is 1.33 bits per heavy atom. The van der Waals surface area contributed by atoms with Crippen molar-refractivity contribution in [2.75, 3.05) is 0 Å². The molecule has 3 nitrogen and oxygen atoms in total. The molecule has 15 heavy (non-hydrogen) atoms. The zero-order valence-corrected chi connectivity index (χ0v) is 9.05. The highest BCUT2D eigenvalue weighted by molar-refractivity contribution is 7.21. The molecule has 74 valence electrons. The van der Waals surface area contributed by atoms with E-state index in [1.165, 1.54) is 11.3 Å². The number of furan rings is 1. The highest BCUT2D eigenvalue weighted by Gasteiger charge is 2.10. The van der Waals surface area contributed by atoms with Gasteiger partial charge in [0.25, 0.3) is 0 Å². The van der Waals surface area contributed by atoms with E-state index in [4.69, 9.17) is 16.0 Å². The van der Waals surface area contributed by atoms with Crippen molar-refractivity contribution in [2.45, 2.75) is 0 Å². The molecule has 3 aromatic heterocycles. The summed E-state index contributed by atoms with van der Waals surface area (Å²) in [6.07, 6.45) is 3.30. The van der Waals surface area contributed by atoms with E-state index >= 15 is 0 Å². The molecule has 0 aliphatic carbocycles. The topological polar surface area (TPSA) is 38.9 Å². The minimum Gasteiger partial charge on any atom is -0.462 e. The van der Waals surface area contributed by atoms with Gasteiger partial charge >= 0.3 is 0 Å². The molecule has 3 rings (SSSR count). The lowest BCUT2D eigenvalue weighted by Gasteiger charge is -1.87. The minimum atomic E-state index is 0.432. The van der Waals surface area contributed by atoms with Gasteiger partial charge in [-0.15, -0.1) is 11.3 Å². The maximum atomic E-state index is 5.93. The summed E-state index contributed by atoms with van der Waals surface area (Å²) in [5.41, 5.74) is 0.732. The normalized spacial score (nSPS) is 11.0. The van der Waals surface area contributed by atoms with Crippen LogP contribution in [0.15, 0.2) is 35.1 Å². The van der Waals surface area contributed by atoms with E-state index in [0.29, 0.717) is 5.15 Å². The largest absolute Gasteiger partial charge is 0.462 e. The third-order valence-electron chi connectivity index (χ3n) is 1.99. The highest BCUT2D eigenvalue weighted by atomic mass is 35.5. The standard InChI is InChI=1S/C10H5ClN2OS/c11-9-8-7(3-4-12-9)15-10(13-8)6-2-1-5-14-6/h1-5H. The number of pyridine rings is 1. The number of hydrogen-bond acceptors (Lipinski definition) is 4. The Morgan fingerprint density at radius 2 is 2.27 bits per heavy atom. The van der Waals surface area contributed by atoms with Crippen LogP contribution in [0.5, 0.6) is 0 Å². The van der Waals surface area contributed by atoms with Crippen molar-refractivity contribution in [3.05, 3.63) is 35.8 Å². The van der Waals surface area contributed by atoms with Gasteiger partial charge in [-0.1, -0.05) is 11.6 Å². The van der Waals surface area contributed by atoms with Crippen molar-refractivity contribution in [3.63, 3.8) is 0 Å². The third-order valence-corrected chi connectivity index (χ3v) is 3.31. The highest BCUT2D eigenvalue weighted by Crippen LogP contribution is 2.32. The molecule has 0 saturated heterocycles. The Morgan fingerprint density at radius 3 is 3.00 bits per heavy atom. The minimum absolute atomic E-state index is 0.432. The Kier molecular flexibility index (Phi) is 1.97. The number of fused-ring (bicyclic) bond motifs is 1. The molecule has 0 unspecified atom stereocenters. The van der Waals surface area contributed by atoms with E-state index in [1.54, 1.807) is 12.5 Å². The second-order valence-electron chi connectivity index (χ2n) is 2.94. The zero-order valence-electron chi connectivity index (χ0n) is 7.48. The summed E-state index contributed by atoms with van der Waals surface area (Å²) in [5, 5.41) is 1.26. The smallest absolute Gasteiger partial charge is 0.162 e. The molecule has 0 aliphatic heterocycles. The molecule has 0 saturated carbocycles. The predicted octanol–water partition coefficient (Wildman–Crippen LogP) is 3.60. The molecule has 0 radical (unpaired) electrons. The average Bonchev–Trinajstić information content (AvgIpc) is 2.86. The van der Waals surface area contributed by atoms with Crippen LogP contribution in [0.25, 0.3) is 21.0 Å². The first-order chi connectivity index (χ1) is 7.34.